The van der Waals surface area contributed by atoms with Gasteiger partial charge in [-0.2, -0.15) is 8.78 Å². The highest BCUT2D eigenvalue weighted by atomic mass is 32.2. The number of nitrogens with one attached hydrogen (secondary N) is 1. The van der Waals surface area contributed by atoms with E-state index in [9.17, 15) is 18.1 Å². The summed E-state index contributed by atoms with van der Waals surface area (Å²) in [6, 6.07) is 7.66. The third-order valence-electron chi connectivity index (χ3n) is 7.00. The Balaban J connectivity index is 1.38. The van der Waals surface area contributed by atoms with Crippen molar-refractivity contribution in [1.29, 1.82) is 4.78 Å². The molecule has 0 bridgehead atoms. The molecular formula is C25H23F3N6O3S. The minimum absolute atomic E-state index is 0.00720. The molecule has 13 heteroatoms. The van der Waals surface area contributed by atoms with Gasteiger partial charge in [-0.05, 0) is 12.5 Å². The first-order valence-corrected chi connectivity index (χ1v) is 13.8. The van der Waals surface area contributed by atoms with Crippen LogP contribution in [0.5, 0.6) is 5.75 Å². The number of rotatable bonds is 5. The van der Waals surface area contributed by atoms with Gasteiger partial charge in [-0.1, -0.05) is 18.2 Å². The minimum atomic E-state index is -3.01. The van der Waals surface area contributed by atoms with Crippen LogP contribution in [0.3, 0.4) is 0 Å². The highest BCUT2D eigenvalue weighted by Gasteiger charge is 2.37. The maximum Gasteiger partial charge on any atom is 0.387 e. The monoisotopic (exact) mass is 544 g/mol. The number of anilines is 1. The van der Waals surface area contributed by atoms with Crippen LogP contribution in [-0.2, 0) is 9.73 Å². The SMILES string of the molecule is N=S1(=O)CCN(c2ncc(-c3cn4c5c(nc4cc3F)[C@H](O)C[C@@H]5c3ccccc3OC(F)F)cn2)CC1. The first-order valence-electron chi connectivity index (χ1n) is 11.9. The Hall–Kier alpha value is -3.71. The molecule has 38 heavy (non-hydrogen) atoms. The number of benzene rings is 1. The number of hydrogen-bond donors (Lipinski definition) is 2. The van der Waals surface area contributed by atoms with Gasteiger partial charge in [-0.15, -0.1) is 0 Å². The quantitative estimate of drug-likeness (QED) is 0.391. The number of aromatic nitrogens is 4. The summed E-state index contributed by atoms with van der Waals surface area (Å²) in [6.45, 7) is -2.19. The molecular weight excluding hydrogens is 521 g/mol. The normalized spacial score (nSPS) is 20.7. The lowest BCUT2D eigenvalue weighted by Crippen LogP contribution is -2.40. The first kappa shape index (κ1) is 24.6. The molecule has 198 valence electrons. The lowest BCUT2D eigenvalue weighted by atomic mass is 9.95. The van der Waals surface area contributed by atoms with Crippen molar-refractivity contribution in [2.24, 2.45) is 0 Å². The fraction of sp³-hybridized carbons (Fsp3) is 0.320. The summed E-state index contributed by atoms with van der Waals surface area (Å²) in [4.78, 5) is 15.0. The van der Waals surface area contributed by atoms with E-state index in [1.54, 1.807) is 28.8 Å². The summed E-state index contributed by atoms with van der Waals surface area (Å²) >= 11 is 0. The van der Waals surface area contributed by atoms with E-state index in [0.29, 0.717) is 41.6 Å². The molecule has 4 heterocycles. The number of aliphatic hydroxyl groups excluding tert-OH is 1. The fourth-order valence-corrected chi connectivity index (χ4v) is 6.38. The van der Waals surface area contributed by atoms with Crippen molar-refractivity contribution < 1.29 is 27.2 Å². The number of fused-ring (bicyclic) bond motifs is 3. The second-order valence-corrected chi connectivity index (χ2v) is 11.8. The zero-order valence-electron chi connectivity index (χ0n) is 19.9. The van der Waals surface area contributed by atoms with E-state index in [1.165, 1.54) is 24.5 Å². The molecule has 1 aliphatic carbocycles. The second-order valence-electron chi connectivity index (χ2n) is 9.34. The molecule has 0 unspecified atom stereocenters. The van der Waals surface area contributed by atoms with Crippen molar-refractivity contribution in [2.45, 2.75) is 25.1 Å². The van der Waals surface area contributed by atoms with E-state index in [0.717, 1.165) is 0 Å². The van der Waals surface area contributed by atoms with Gasteiger partial charge in [0.15, 0.2) is 0 Å². The zero-order chi connectivity index (χ0) is 26.6. The van der Waals surface area contributed by atoms with Gasteiger partial charge >= 0.3 is 6.61 Å². The van der Waals surface area contributed by atoms with E-state index in [2.05, 4.69) is 15.0 Å². The van der Waals surface area contributed by atoms with E-state index >= 15 is 4.39 Å². The van der Waals surface area contributed by atoms with Crippen molar-refractivity contribution in [1.82, 2.24) is 19.4 Å². The molecule has 2 atom stereocenters. The average Bonchev–Trinajstić information content (AvgIpc) is 3.40. The van der Waals surface area contributed by atoms with Gasteiger partial charge in [-0.3, -0.25) is 4.78 Å². The van der Waals surface area contributed by atoms with E-state index in [-0.39, 0.29) is 34.9 Å². The number of ether oxygens (including phenoxy) is 1. The second kappa shape index (κ2) is 9.24. The average molecular weight is 545 g/mol. The molecule has 1 fully saturated rings. The van der Waals surface area contributed by atoms with Gasteiger partial charge < -0.3 is 19.1 Å². The smallest absolute Gasteiger partial charge is 0.387 e. The lowest BCUT2D eigenvalue weighted by Gasteiger charge is -2.27. The molecule has 0 spiro atoms. The third kappa shape index (κ3) is 4.35. The zero-order valence-corrected chi connectivity index (χ0v) is 20.7. The Labute approximate surface area is 215 Å². The van der Waals surface area contributed by atoms with Crippen LogP contribution in [0.4, 0.5) is 19.1 Å². The Bertz CT molecular complexity index is 1610. The number of para-hydroxylation sites is 1. The molecule has 0 saturated carbocycles. The highest BCUT2D eigenvalue weighted by molar-refractivity contribution is 7.92. The number of halogens is 3. The molecule has 1 aliphatic heterocycles. The van der Waals surface area contributed by atoms with Gasteiger partial charge in [0.1, 0.15) is 17.2 Å². The van der Waals surface area contributed by atoms with E-state index in [1.807, 2.05) is 4.90 Å². The topological polar surface area (TPSA) is 117 Å². The summed E-state index contributed by atoms with van der Waals surface area (Å²) in [6.07, 6.45) is 3.80. The van der Waals surface area contributed by atoms with Crippen LogP contribution in [0.15, 0.2) is 48.9 Å². The van der Waals surface area contributed by atoms with Crippen molar-refractivity contribution in [2.75, 3.05) is 29.5 Å². The number of alkyl halides is 2. The molecule has 4 aromatic rings. The lowest BCUT2D eigenvalue weighted by molar-refractivity contribution is -0.0506. The van der Waals surface area contributed by atoms with E-state index < -0.39 is 34.2 Å². The van der Waals surface area contributed by atoms with Crippen LogP contribution >= 0.6 is 0 Å². The van der Waals surface area contributed by atoms with Gasteiger partial charge in [-0.25, -0.2) is 23.6 Å². The Morgan fingerprint density at radius 2 is 1.87 bits per heavy atom. The third-order valence-corrected chi connectivity index (χ3v) is 8.69. The van der Waals surface area contributed by atoms with Crippen LogP contribution in [0, 0.1) is 10.6 Å². The standard InChI is InChI=1S/C25H23F3N6O3S/c26-18-10-21-32-22-19(35)9-16(15-3-1-2-4-20(15)37-24(27)28)23(22)34(21)13-17(18)14-11-30-25(31-12-14)33-5-7-38(29,36)8-6-33/h1-4,10-13,16,19,24,29,35H,5-9H2/t16-,19-/m1/s1. The predicted octanol–water partition coefficient (Wildman–Crippen LogP) is 3.97. The van der Waals surface area contributed by atoms with Crippen LogP contribution < -0.4 is 9.64 Å². The number of pyridine rings is 1. The maximum atomic E-state index is 15.2. The summed E-state index contributed by atoms with van der Waals surface area (Å²) in [5, 5.41) is 10.7. The number of nitrogens with zero attached hydrogens (tertiary/aromatic N) is 5. The Morgan fingerprint density at radius 3 is 2.58 bits per heavy atom. The molecule has 1 saturated heterocycles. The van der Waals surface area contributed by atoms with Crippen molar-refractivity contribution in [3.8, 4) is 16.9 Å². The summed E-state index contributed by atoms with van der Waals surface area (Å²) in [7, 11) is -2.56. The number of aliphatic hydroxyl groups is 1. The minimum Gasteiger partial charge on any atom is -0.435 e. The molecule has 6 rings (SSSR count). The molecule has 3 aromatic heterocycles. The summed E-state index contributed by atoms with van der Waals surface area (Å²) in [5.41, 5.74) is 2.30. The molecule has 2 aliphatic rings. The van der Waals surface area contributed by atoms with Crippen LogP contribution in [-0.4, -0.2) is 59.9 Å². The van der Waals surface area contributed by atoms with Crippen molar-refractivity contribution in [3.63, 3.8) is 0 Å². The van der Waals surface area contributed by atoms with Crippen molar-refractivity contribution >= 4 is 21.3 Å². The predicted molar refractivity (Wildman–Crippen MR) is 133 cm³/mol. The van der Waals surface area contributed by atoms with Gasteiger partial charge in [0, 0.05) is 81.6 Å². The van der Waals surface area contributed by atoms with Crippen molar-refractivity contribution in [3.05, 3.63) is 71.7 Å². The van der Waals surface area contributed by atoms with Gasteiger partial charge in [0.2, 0.25) is 5.95 Å². The molecule has 0 radical (unpaired) electrons. The Morgan fingerprint density at radius 1 is 1.16 bits per heavy atom. The molecule has 9 nitrogen and oxygen atoms in total. The Kier molecular flexibility index (Phi) is 5.99. The van der Waals surface area contributed by atoms with Crippen LogP contribution in [0.1, 0.15) is 35.4 Å². The van der Waals surface area contributed by atoms with Gasteiger partial charge in [0.05, 0.1) is 17.5 Å². The summed E-state index contributed by atoms with van der Waals surface area (Å²) < 4.78 is 67.3. The fourth-order valence-electron chi connectivity index (χ4n) is 5.15. The summed E-state index contributed by atoms with van der Waals surface area (Å²) in [5.74, 6) is -0.160. The largest absolute Gasteiger partial charge is 0.435 e. The first-order chi connectivity index (χ1) is 18.2. The van der Waals surface area contributed by atoms with Gasteiger partial charge in [0.25, 0.3) is 0 Å². The molecule has 2 N–H and O–H groups in total. The number of hydrogen-bond acceptors (Lipinski definition) is 8. The number of imidazole rings is 1. The van der Waals surface area contributed by atoms with Crippen LogP contribution in [0.2, 0.25) is 0 Å². The maximum absolute atomic E-state index is 15.2. The van der Waals surface area contributed by atoms with E-state index in [4.69, 9.17) is 9.52 Å². The molecule has 1 aromatic carbocycles. The molecule has 0 amide bonds. The highest BCUT2D eigenvalue weighted by Crippen LogP contribution is 2.47. The van der Waals surface area contributed by atoms with Crippen LogP contribution in [0.25, 0.3) is 16.8 Å².